The molecule has 0 fully saturated rings. The second-order valence-corrected chi connectivity index (χ2v) is 9.94. The number of fused-ring (bicyclic) bond motifs is 1. The van der Waals surface area contributed by atoms with E-state index in [0.717, 1.165) is 12.1 Å². The van der Waals surface area contributed by atoms with Crippen LogP contribution in [0.1, 0.15) is 42.4 Å². The lowest BCUT2D eigenvalue weighted by atomic mass is 10.1. The highest BCUT2D eigenvalue weighted by Crippen LogP contribution is 2.31. The molecule has 0 aliphatic heterocycles. The SMILES string of the molecule is CC(C)(C)N(CCN(C(=O)c1cn2c(-c3ccc(C(F)(F)F)cc3)cnc2cn1)c1ccc(C#N)cc1)C(=O)O. The van der Waals surface area contributed by atoms with Gasteiger partial charge in [-0.2, -0.15) is 18.4 Å². The van der Waals surface area contributed by atoms with E-state index in [9.17, 15) is 27.9 Å². The van der Waals surface area contributed by atoms with Gasteiger partial charge in [0.25, 0.3) is 5.91 Å². The number of imidazole rings is 1. The standard InChI is InChI=1S/C28H25F3N6O3/c1-27(2,3)37(26(39)40)13-12-35(21-10-4-18(14-32)5-11-21)25(38)22-17-36-23(15-34-24(36)16-33-22)19-6-8-20(9-7-19)28(29,30)31/h4-11,15-17H,12-13H2,1-3H3,(H,39,40). The first kappa shape index (κ1) is 28.1. The molecule has 0 bridgehead atoms. The summed E-state index contributed by atoms with van der Waals surface area (Å²) in [6, 6.07) is 12.9. The topological polar surface area (TPSA) is 115 Å². The van der Waals surface area contributed by atoms with Crippen LogP contribution in [0.4, 0.5) is 23.7 Å². The van der Waals surface area contributed by atoms with Crippen LogP contribution in [0.3, 0.4) is 0 Å². The summed E-state index contributed by atoms with van der Waals surface area (Å²) in [5.41, 5.74) is 0.589. The smallest absolute Gasteiger partial charge is 0.416 e. The number of carbonyl (C=O) groups is 2. The van der Waals surface area contributed by atoms with Crippen LogP contribution in [-0.4, -0.2) is 55.0 Å². The zero-order valence-corrected chi connectivity index (χ0v) is 21.8. The number of hydrogen-bond acceptors (Lipinski definition) is 5. The van der Waals surface area contributed by atoms with Gasteiger partial charge in [-0.25, -0.2) is 14.8 Å². The maximum absolute atomic E-state index is 13.8. The molecule has 40 heavy (non-hydrogen) atoms. The molecule has 0 unspecified atom stereocenters. The highest BCUT2D eigenvalue weighted by atomic mass is 19.4. The van der Waals surface area contributed by atoms with Gasteiger partial charge < -0.3 is 14.9 Å². The van der Waals surface area contributed by atoms with Gasteiger partial charge in [0.1, 0.15) is 5.69 Å². The van der Waals surface area contributed by atoms with E-state index in [1.165, 1.54) is 40.5 Å². The molecule has 0 atom stereocenters. The Morgan fingerprint density at radius 1 is 0.975 bits per heavy atom. The maximum Gasteiger partial charge on any atom is 0.416 e. The van der Waals surface area contributed by atoms with E-state index >= 15 is 0 Å². The molecule has 9 nitrogen and oxygen atoms in total. The minimum Gasteiger partial charge on any atom is -0.465 e. The Labute approximate surface area is 227 Å². The van der Waals surface area contributed by atoms with E-state index in [0.29, 0.717) is 28.2 Å². The summed E-state index contributed by atoms with van der Waals surface area (Å²) in [5.74, 6) is -0.544. The Morgan fingerprint density at radius 2 is 1.62 bits per heavy atom. The first-order valence-electron chi connectivity index (χ1n) is 12.1. The summed E-state index contributed by atoms with van der Waals surface area (Å²) in [4.78, 5) is 36.7. The largest absolute Gasteiger partial charge is 0.465 e. The molecule has 2 aromatic carbocycles. The number of nitriles is 1. The van der Waals surface area contributed by atoms with Crippen molar-refractivity contribution in [3.05, 3.63) is 83.9 Å². The molecule has 0 spiro atoms. The molecule has 0 radical (unpaired) electrons. The molecular weight excluding hydrogens is 525 g/mol. The van der Waals surface area contributed by atoms with Gasteiger partial charge in [0.2, 0.25) is 0 Å². The van der Waals surface area contributed by atoms with Crippen LogP contribution in [0, 0.1) is 11.3 Å². The molecule has 12 heteroatoms. The number of aromatic nitrogens is 3. The fourth-order valence-corrected chi connectivity index (χ4v) is 4.16. The monoisotopic (exact) mass is 550 g/mol. The summed E-state index contributed by atoms with van der Waals surface area (Å²) in [7, 11) is 0. The lowest BCUT2D eigenvalue weighted by Gasteiger charge is -2.35. The second kappa shape index (κ2) is 10.7. The number of benzene rings is 2. The van der Waals surface area contributed by atoms with E-state index in [1.54, 1.807) is 49.4 Å². The van der Waals surface area contributed by atoms with Crippen molar-refractivity contribution in [1.82, 2.24) is 19.3 Å². The number of carboxylic acid groups (broad SMARTS) is 1. The quantitative estimate of drug-likeness (QED) is 0.329. The molecule has 2 amide bonds. The van der Waals surface area contributed by atoms with Crippen LogP contribution in [0.5, 0.6) is 0 Å². The third kappa shape index (κ3) is 5.88. The number of alkyl halides is 3. The highest BCUT2D eigenvalue weighted by Gasteiger charge is 2.30. The maximum atomic E-state index is 13.8. The lowest BCUT2D eigenvalue weighted by molar-refractivity contribution is -0.137. The van der Waals surface area contributed by atoms with Gasteiger partial charge in [-0.1, -0.05) is 12.1 Å². The highest BCUT2D eigenvalue weighted by molar-refractivity contribution is 6.04. The Hall–Kier alpha value is -4.92. The second-order valence-electron chi connectivity index (χ2n) is 9.94. The molecule has 1 N–H and O–H groups in total. The third-order valence-electron chi connectivity index (χ3n) is 6.26. The van der Waals surface area contributed by atoms with Gasteiger partial charge in [0, 0.05) is 36.1 Å². The summed E-state index contributed by atoms with van der Waals surface area (Å²) in [6.45, 7) is 5.21. The molecule has 0 aliphatic carbocycles. The van der Waals surface area contributed by atoms with Crippen molar-refractivity contribution < 1.29 is 27.9 Å². The molecule has 0 saturated carbocycles. The van der Waals surface area contributed by atoms with Crippen molar-refractivity contribution in [1.29, 1.82) is 5.26 Å². The average Bonchev–Trinajstić information content (AvgIpc) is 3.33. The predicted octanol–water partition coefficient (Wildman–Crippen LogP) is 5.71. The molecule has 2 aromatic heterocycles. The average molecular weight is 551 g/mol. The fraction of sp³-hybridized carbons (Fsp3) is 0.250. The van der Waals surface area contributed by atoms with Crippen molar-refractivity contribution in [2.24, 2.45) is 0 Å². The number of halogens is 3. The number of carbonyl (C=O) groups excluding carboxylic acids is 1. The zero-order chi connectivity index (χ0) is 29.2. The minimum absolute atomic E-state index is 0.000607. The summed E-state index contributed by atoms with van der Waals surface area (Å²) < 4.78 is 40.6. The van der Waals surface area contributed by atoms with Crippen molar-refractivity contribution in [2.45, 2.75) is 32.5 Å². The van der Waals surface area contributed by atoms with Crippen molar-refractivity contribution >= 4 is 23.3 Å². The van der Waals surface area contributed by atoms with Gasteiger partial charge in [0.05, 0.1) is 35.3 Å². The van der Waals surface area contributed by atoms with Gasteiger partial charge >= 0.3 is 12.3 Å². The molecule has 4 rings (SSSR count). The lowest BCUT2D eigenvalue weighted by Crippen LogP contribution is -2.49. The summed E-state index contributed by atoms with van der Waals surface area (Å²) >= 11 is 0. The zero-order valence-electron chi connectivity index (χ0n) is 21.8. The molecule has 0 aliphatic rings. The van der Waals surface area contributed by atoms with E-state index in [4.69, 9.17) is 5.26 Å². The van der Waals surface area contributed by atoms with E-state index < -0.39 is 29.3 Å². The number of rotatable bonds is 6. The normalized spacial score (nSPS) is 11.7. The molecule has 206 valence electrons. The Balaban J connectivity index is 1.71. The van der Waals surface area contributed by atoms with E-state index in [1.807, 2.05) is 6.07 Å². The van der Waals surface area contributed by atoms with Gasteiger partial charge in [-0.15, -0.1) is 0 Å². The predicted molar refractivity (Wildman–Crippen MR) is 141 cm³/mol. The molecule has 2 heterocycles. The van der Waals surface area contributed by atoms with Gasteiger partial charge in [-0.3, -0.25) is 9.20 Å². The first-order chi connectivity index (χ1) is 18.8. The van der Waals surface area contributed by atoms with Crippen LogP contribution >= 0.6 is 0 Å². The number of anilines is 1. The van der Waals surface area contributed by atoms with Gasteiger partial charge in [-0.05, 0) is 57.2 Å². The Morgan fingerprint density at radius 3 is 2.17 bits per heavy atom. The Kier molecular flexibility index (Phi) is 7.51. The van der Waals surface area contributed by atoms with Crippen LogP contribution in [0.2, 0.25) is 0 Å². The minimum atomic E-state index is -4.47. The number of amides is 2. The summed E-state index contributed by atoms with van der Waals surface area (Å²) in [5, 5.41) is 18.9. The van der Waals surface area contributed by atoms with Gasteiger partial charge in [0.15, 0.2) is 5.65 Å². The number of nitrogens with zero attached hydrogens (tertiary/aromatic N) is 6. The van der Waals surface area contributed by atoms with Crippen LogP contribution < -0.4 is 4.90 Å². The third-order valence-corrected chi connectivity index (χ3v) is 6.26. The molecule has 4 aromatic rings. The van der Waals surface area contributed by atoms with Crippen molar-refractivity contribution in [2.75, 3.05) is 18.0 Å². The van der Waals surface area contributed by atoms with E-state index in [2.05, 4.69) is 9.97 Å². The van der Waals surface area contributed by atoms with Crippen molar-refractivity contribution in [3.8, 4) is 17.3 Å². The fourth-order valence-electron chi connectivity index (χ4n) is 4.16. The molecule has 0 saturated heterocycles. The van der Waals surface area contributed by atoms with Crippen LogP contribution in [0.15, 0.2) is 67.1 Å². The Bertz CT molecular complexity index is 1580. The van der Waals surface area contributed by atoms with Crippen molar-refractivity contribution in [3.63, 3.8) is 0 Å². The van der Waals surface area contributed by atoms with Crippen LogP contribution in [-0.2, 0) is 6.18 Å². The van der Waals surface area contributed by atoms with E-state index in [-0.39, 0.29) is 18.8 Å². The summed E-state index contributed by atoms with van der Waals surface area (Å²) in [6.07, 6.45) is -1.33. The number of hydrogen-bond donors (Lipinski definition) is 1. The first-order valence-corrected chi connectivity index (χ1v) is 12.1. The molecular formula is C28H25F3N6O3. The van der Waals surface area contributed by atoms with Crippen LogP contribution in [0.25, 0.3) is 16.9 Å².